The summed E-state index contributed by atoms with van der Waals surface area (Å²) in [5.41, 5.74) is 4.02. The van der Waals surface area contributed by atoms with Gasteiger partial charge in [0.2, 0.25) is 0 Å². The van der Waals surface area contributed by atoms with Crippen molar-refractivity contribution in [3.63, 3.8) is 0 Å². The van der Waals surface area contributed by atoms with Gasteiger partial charge in [0.05, 0.1) is 12.6 Å². The van der Waals surface area contributed by atoms with Gasteiger partial charge in [0.25, 0.3) is 5.91 Å². The van der Waals surface area contributed by atoms with Crippen molar-refractivity contribution in [3.05, 3.63) is 63.8 Å². The Bertz CT molecular complexity index is 1140. The molecular weight excluding hydrogens is 438 g/mol. The Morgan fingerprint density at radius 3 is 2.61 bits per heavy atom. The van der Waals surface area contributed by atoms with Crippen molar-refractivity contribution in [3.8, 4) is 22.8 Å². The highest BCUT2D eigenvalue weighted by Gasteiger charge is 2.42. The first-order chi connectivity index (χ1) is 16.0. The van der Waals surface area contributed by atoms with Crippen molar-refractivity contribution in [1.82, 2.24) is 15.1 Å². The number of phenolic OH excluding ortho intramolecular Hbond substituents is 1. The normalized spacial score (nSPS) is 15.2. The SMILES string of the molecule is CCCCCOc1ccc(C2c3c(-c4cc(Cl)c(C)cc4O)n[nH]c3C(=O)N2CCC)cc1. The van der Waals surface area contributed by atoms with Crippen molar-refractivity contribution < 1.29 is 14.6 Å². The van der Waals surface area contributed by atoms with Gasteiger partial charge in [-0.1, -0.05) is 50.4 Å². The number of H-pyrrole nitrogens is 1. The molecule has 0 spiro atoms. The van der Waals surface area contributed by atoms with E-state index in [2.05, 4.69) is 24.0 Å². The molecular formula is C26H30ClN3O3. The molecule has 2 N–H and O–H groups in total. The highest BCUT2D eigenvalue weighted by atomic mass is 35.5. The fraction of sp³-hybridized carbons (Fsp3) is 0.385. The predicted molar refractivity (Wildman–Crippen MR) is 130 cm³/mol. The Hall–Kier alpha value is -2.99. The lowest BCUT2D eigenvalue weighted by molar-refractivity contribution is 0.0744. The Kier molecular flexibility index (Phi) is 6.94. The molecule has 2 aromatic carbocycles. The highest BCUT2D eigenvalue weighted by Crippen LogP contribution is 2.45. The Labute approximate surface area is 199 Å². The van der Waals surface area contributed by atoms with Crippen molar-refractivity contribution in [2.24, 2.45) is 0 Å². The third-order valence-corrected chi connectivity index (χ3v) is 6.48. The number of aromatic nitrogens is 2. The number of unbranched alkanes of at least 4 members (excludes halogenated alkanes) is 2. The molecule has 1 aliphatic rings. The Morgan fingerprint density at radius 1 is 1.15 bits per heavy atom. The van der Waals surface area contributed by atoms with Gasteiger partial charge in [-0.05, 0) is 55.2 Å². The maximum absolute atomic E-state index is 13.2. The Morgan fingerprint density at radius 2 is 1.91 bits per heavy atom. The summed E-state index contributed by atoms with van der Waals surface area (Å²) in [5.74, 6) is 0.812. The fourth-order valence-electron chi connectivity index (χ4n) is 4.36. The van der Waals surface area contributed by atoms with E-state index in [0.29, 0.717) is 35.1 Å². The van der Waals surface area contributed by atoms with E-state index in [1.54, 1.807) is 12.1 Å². The minimum atomic E-state index is -0.310. The summed E-state index contributed by atoms with van der Waals surface area (Å²) < 4.78 is 5.86. The summed E-state index contributed by atoms with van der Waals surface area (Å²) in [4.78, 5) is 15.1. The van der Waals surface area contributed by atoms with Crippen LogP contribution in [0, 0.1) is 6.92 Å². The van der Waals surface area contributed by atoms with E-state index in [0.717, 1.165) is 48.1 Å². The number of hydrogen-bond donors (Lipinski definition) is 2. The number of aromatic amines is 1. The lowest BCUT2D eigenvalue weighted by atomic mass is 9.95. The molecule has 0 bridgehead atoms. The molecule has 4 rings (SSSR count). The van der Waals surface area contributed by atoms with Gasteiger partial charge >= 0.3 is 0 Å². The zero-order valence-electron chi connectivity index (χ0n) is 19.3. The number of halogens is 1. The van der Waals surface area contributed by atoms with Gasteiger partial charge in [-0.2, -0.15) is 5.10 Å². The number of benzene rings is 2. The predicted octanol–water partition coefficient (Wildman–Crippen LogP) is 6.27. The molecule has 1 amide bonds. The number of amides is 1. The van der Waals surface area contributed by atoms with Crippen molar-refractivity contribution in [1.29, 1.82) is 0 Å². The lowest BCUT2D eigenvalue weighted by Gasteiger charge is -2.26. The topological polar surface area (TPSA) is 78.5 Å². The van der Waals surface area contributed by atoms with E-state index in [9.17, 15) is 9.90 Å². The highest BCUT2D eigenvalue weighted by molar-refractivity contribution is 6.31. The van der Waals surface area contributed by atoms with Crippen LogP contribution >= 0.6 is 11.6 Å². The van der Waals surface area contributed by atoms with Gasteiger partial charge in [0, 0.05) is 22.7 Å². The van der Waals surface area contributed by atoms with Crippen LogP contribution in [0.25, 0.3) is 11.3 Å². The van der Waals surface area contributed by atoms with Crippen LogP contribution in [0.5, 0.6) is 11.5 Å². The second-order valence-electron chi connectivity index (χ2n) is 8.51. The number of nitrogens with one attached hydrogen (secondary N) is 1. The molecule has 0 saturated carbocycles. The lowest BCUT2D eigenvalue weighted by Crippen LogP contribution is -2.30. The molecule has 33 heavy (non-hydrogen) atoms. The number of rotatable bonds is 9. The maximum atomic E-state index is 13.2. The largest absolute Gasteiger partial charge is 0.507 e. The number of ether oxygens (including phenoxy) is 1. The monoisotopic (exact) mass is 467 g/mol. The molecule has 6 nitrogen and oxygen atoms in total. The summed E-state index contributed by atoms with van der Waals surface area (Å²) in [5, 5.41) is 18.5. The van der Waals surface area contributed by atoms with Crippen LogP contribution < -0.4 is 4.74 Å². The zero-order valence-corrected chi connectivity index (χ0v) is 20.1. The minimum absolute atomic E-state index is 0.0853. The van der Waals surface area contributed by atoms with E-state index < -0.39 is 0 Å². The molecule has 1 aromatic heterocycles. The standard InChI is InChI=1S/C26H30ClN3O3/c1-4-6-7-13-33-18-10-8-17(9-11-18)25-22-23(19-15-20(27)16(3)14-21(19)31)28-29-24(22)26(32)30(25)12-5-2/h8-11,14-15,25,31H,4-7,12-13H2,1-3H3,(H,28,29). The van der Waals surface area contributed by atoms with E-state index in [-0.39, 0.29) is 17.7 Å². The summed E-state index contributed by atoms with van der Waals surface area (Å²) in [7, 11) is 0. The van der Waals surface area contributed by atoms with Gasteiger partial charge in [0.15, 0.2) is 0 Å². The van der Waals surface area contributed by atoms with Gasteiger partial charge in [0.1, 0.15) is 22.9 Å². The molecule has 1 unspecified atom stereocenters. The average Bonchev–Trinajstić information content (AvgIpc) is 3.34. The number of aryl methyl sites for hydroxylation is 1. The molecule has 3 aromatic rings. The number of hydrogen-bond acceptors (Lipinski definition) is 4. The molecule has 0 radical (unpaired) electrons. The molecule has 0 fully saturated rings. The smallest absolute Gasteiger partial charge is 0.273 e. The number of fused-ring (bicyclic) bond motifs is 1. The van der Waals surface area contributed by atoms with E-state index >= 15 is 0 Å². The summed E-state index contributed by atoms with van der Waals surface area (Å²) in [6.07, 6.45) is 4.16. The second-order valence-corrected chi connectivity index (χ2v) is 8.91. The average molecular weight is 468 g/mol. The molecule has 0 aliphatic carbocycles. The third-order valence-electron chi connectivity index (χ3n) is 6.07. The molecule has 1 aliphatic heterocycles. The van der Waals surface area contributed by atoms with E-state index in [1.807, 2.05) is 36.1 Å². The second kappa shape index (κ2) is 9.87. The van der Waals surface area contributed by atoms with Crippen molar-refractivity contribution in [2.75, 3.05) is 13.2 Å². The van der Waals surface area contributed by atoms with Crippen LogP contribution in [-0.4, -0.2) is 39.3 Å². The van der Waals surface area contributed by atoms with Crippen LogP contribution in [0.4, 0.5) is 0 Å². The molecule has 1 atom stereocenters. The number of carbonyl (C=O) groups is 1. The first-order valence-corrected chi connectivity index (χ1v) is 12.0. The van der Waals surface area contributed by atoms with Crippen LogP contribution in [-0.2, 0) is 0 Å². The summed E-state index contributed by atoms with van der Waals surface area (Å²) >= 11 is 6.35. The molecule has 174 valence electrons. The van der Waals surface area contributed by atoms with Crippen LogP contribution in [0.3, 0.4) is 0 Å². The number of phenols is 1. The van der Waals surface area contributed by atoms with E-state index in [1.165, 1.54) is 0 Å². The first-order valence-electron chi connectivity index (χ1n) is 11.6. The van der Waals surface area contributed by atoms with E-state index in [4.69, 9.17) is 16.3 Å². The summed E-state index contributed by atoms with van der Waals surface area (Å²) in [6.45, 7) is 7.36. The van der Waals surface area contributed by atoms with Crippen LogP contribution in [0.1, 0.15) is 72.8 Å². The first kappa shape index (κ1) is 23.2. The molecule has 2 heterocycles. The minimum Gasteiger partial charge on any atom is -0.507 e. The number of carbonyl (C=O) groups excluding carboxylic acids is 1. The van der Waals surface area contributed by atoms with Gasteiger partial charge in [-0.25, -0.2) is 0 Å². The van der Waals surface area contributed by atoms with Gasteiger partial charge in [-0.15, -0.1) is 0 Å². The summed E-state index contributed by atoms with van der Waals surface area (Å²) in [6, 6.07) is 10.9. The van der Waals surface area contributed by atoms with Crippen LogP contribution in [0.2, 0.25) is 5.02 Å². The zero-order chi connectivity index (χ0) is 23.5. The van der Waals surface area contributed by atoms with Gasteiger partial charge in [-0.3, -0.25) is 9.89 Å². The van der Waals surface area contributed by atoms with Crippen LogP contribution in [0.15, 0.2) is 36.4 Å². The molecule has 0 saturated heterocycles. The molecule has 7 heteroatoms. The van der Waals surface area contributed by atoms with Crippen molar-refractivity contribution in [2.45, 2.75) is 52.5 Å². The third kappa shape index (κ3) is 4.44. The van der Waals surface area contributed by atoms with Gasteiger partial charge < -0.3 is 14.7 Å². The maximum Gasteiger partial charge on any atom is 0.273 e. The fourth-order valence-corrected chi connectivity index (χ4v) is 4.53. The quantitative estimate of drug-likeness (QED) is 0.363. The Balaban J connectivity index is 1.73. The number of aromatic hydroxyl groups is 1. The number of nitrogens with zero attached hydrogens (tertiary/aromatic N) is 2. The van der Waals surface area contributed by atoms with Crippen molar-refractivity contribution >= 4 is 17.5 Å².